The molecular weight excluding hydrogens is 136 g/mol. The van der Waals surface area contributed by atoms with Gasteiger partial charge < -0.3 is 5.11 Å². The Labute approximate surface area is 62.0 Å². The van der Waals surface area contributed by atoms with Gasteiger partial charge in [-0.15, -0.1) is 0 Å². The van der Waals surface area contributed by atoms with Gasteiger partial charge in [0.1, 0.15) is 5.06 Å². The molecule has 0 saturated heterocycles. The van der Waals surface area contributed by atoms with E-state index in [1.165, 1.54) is 6.42 Å². The van der Waals surface area contributed by atoms with Crippen LogP contribution in [0.5, 0.6) is 0 Å². The molecule has 0 fully saturated rings. The second kappa shape index (κ2) is 4.13. The third kappa shape index (κ3) is 8.25. The van der Waals surface area contributed by atoms with E-state index in [2.05, 4.69) is 6.92 Å². The SMILES string of the molecule is CCCCCC(C)(O)Cl. The van der Waals surface area contributed by atoms with Crippen LogP contribution >= 0.6 is 11.6 Å². The second-order valence-corrected chi connectivity index (χ2v) is 3.41. The highest BCUT2D eigenvalue weighted by Gasteiger charge is 2.13. The van der Waals surface area contributed by atoms with Crippen molar-refractivity contribution >= 4 is 11.6 Å². The molecule has 0 saturated carbocycles. The molecule has 0 aliphatic rings. The van der Waals surface area contributed by atoms with Crippen LogP contribution in [0.2, 0.25) is 0 Å². The van der Waals surface area contributed by atoms with Crippen LogP contribution in [0.3, 0.4) is 0 Å². The van der Waals surface area contributed by atoms with Gasteiger partial charge in [-0.1, -0.05) is 31.4 Å². The monoisotopic (exact) mass is 150 g/mol. The Balaban J connectivity index is 3.07. The minimum Gasteiger partial charge on any atom is -0.375 e. The Bertz CT molecular complexity index is 65.8. The fourth-order valence-electron chi connectivity index (χ4n) is 0.698. The van der Waals surface area contributed by atoms with E-state index in [0.29, 0.717) is 6.42 Å². The van der Waals surface area contributed by atoms with E-state index >= 15 is 0 Å². The summed E-state index contributed by atoms with van der Waals surface area (Å²) in [6, 6.07) is 0. The molecule has 0 amide bonds. The maximum atomic E-state index is 9.01. The predicted octanol–water partition coefficient (Wildman–Crippen LogP) is 2.51. The first-order valence-electron chi connectivity index (χ1n) is 3.47. The molecule has 1 unspecified atom stereocenters. The maximum absolute atomic E-state index is 9.01. The largest absolute Gasteiger partial charge is 0.375 e. The van der Waals surface area contributed by atoms with E-state index in [1.54, 1.807) is 6.92 Å². The van der Waals surface area contributed by atoms with Crippen LogP contribution in [0.4, 0.5) is 0 Å². The van der Waals surface area contributed by atoms with Crippen molar-refractivity contribution in [1.29, 1.82) is 0 Å². The zero-order valence-corrected chi connectivity index (χ0v) is 6.91. The molecule has 0 heterocycles. The summed E-state index contributed by atoms with van der Waals surface area (Å²) >= 11 is 5.52. The molecule has 0 rings (SSSR count). The summed E-state index contributed by atoms with van der Waals surface area (Å²) in [6.45, 7) is 3.76. The summed E-state index contributed by atoms with van der Waals surface area (Å²) in [5, 5.41) is 8.03. The number of unbranched alkanes of at least 4 members (excludes halogenated alkanes) is 2. The predicted molar refractivity (Wildman–Crippen MR) is 40.6 cm³/mol. The number of alkyl halides is 1. The van der Waals surface area contributed by atoms with Crippen LogP contribution in [-0.4, -0.2) is 10.2 Å². The Morgan fingerprint density at radius 3 is 2.33 bits per heavy atom. The summed E-state index contributed by atoms with van der Waals surface area (Å²) in [5.74, 6) is 0. The molecule has 9 heavy (non-hydrogen) atoms. The molecule has 0 radical (unpaired) electrons. The first-order chi connectivity index (χ1) is 4.06. The zero-order chi connectivity index (χ0) is 7.33. The molecule has 0 aromatic carbocycles. The van der Waals surface area contributed by atoms with Gasteiger partial charge in [0.15, 0.2) is 0 Å². The van der Waals surface area contributed by atoms with Crippen LogP contribution in [0.25, 0.3) is 0 Å². The summed E-state index contributed by atoms with van der Waals surface area (Å²) in [4.78, 5) is 0. The van der Waals surface area contributed by atoms with Crippen molar-refractivity contribution in [3.05, 3.63) is 0 Å². The summed E-state index contributed by atoms with van der Waals surface area (Å²) in [6.07, 6.45) is 4.05. The minimum absolute atomic E-state index is 0.697. The summed E-state index contributed by atoms with van der Waals surface area (Å²) < 4.78 is 0. The molecule has 56 valence electrons. The average Bonchev–Trinajstić information content (AvgIpc) is 1.63. The number of aliphatic hydroxyl groups is 1. The van der Waals surface area contributed by atoms with Gasteiger partial charge in [0.05, 0.1) is 0 Å². The minimum atomic E-state index is -0.977. The molecule has 1 atom stereocenters. The van der Waals surface area contributed by atoms with Crippen molar-refractivity contribution in [3.63, 3.8) is 0 Å². The van der Waals surface area contributed by atoms with E-state index < -0.39 is 5.06 Å². The van der Waals surface area contributed by atoms with Crippen LogP contribution in [0.15, 0.2) is 0 Å². The van der Waals surface area contributed by atoms with Gasteiger partial charge in [0.2, 0.25) is 0 Å². The maximum Gasteiger partial charge on any atom is 0.135 e. The fourth-order valence-corrected chi connectivity index (χ4v) is 0.831. The molecule has 0 aliphatic heterocycles. The van der Waals surface area contributed by atoms with Crippen LogP contribution in [-0.2, 0) is 0 Å². The Morgan fingerprint density at radius 1 is 1.44 bits per heavy atom. The summed E-state index contributed by atoms with van der Waals surface area (Å²) in [5.41, 5.74) is 0. The van der Waals surface area contributed by atoms with Crippen LogP contribution < -0.4 is 0 Å². The number of halogens is 1. The lowest BCUT2D eigenvalue weighted by Crippen LogP contribution is -2.13. The molecule has 2 heteroatoms. The lowest BCUT2D eigenvalue weighted by Gasteiger charge is -2.12. The molecular formula is C7H15ClO. The zero-order valence-electron chi connectivity index (χ0n) is 6.15. The normalized spacial score (nSPS) is 17.3. The smallest absolute Gasteiger partial charge is 0.135 e. The van der Waals surface area contributed by atoms with E-state index in [4.69, 9.17) is 16.7 Å². The van der Waals surface area contributed by atoms with Gasteiger partial charge in [0, 0.05) is 0 Å². The van der Waals surface area contributed by atoms with Crippen molar-refractivity contribution in [2.45, 2.75) is 44.6 Å². The third-order valence-electron chi connectivity index (χ3n) is 1.24. The van der Waals surface area contributed by atoms with Gasteiger partial charge in [-0.25, -0.2) is 0 Å². The Hall–Kier alpha value is 0.250. The van der Waals surface area contributed by atoms with Crippen molar-refractivity contribution < 1.29 is 5.11 Å². The highest BCUT2D eigenvalue weighted by molar-refractivity contribution is 6.22. The highest BCUT2D eigenvalue weighted by atomic mass is 35.5. The van der Waals surface area contributed by atoms with Crippen LogP contribution in [0, 0.1) is 0 Å². The molecule has 1 nitrogen and oxygen atoms in total. The number of rotatable bonds is 4. The van der Waals surface area contributed by atoms with Crippen LogP contribution in [0.1, 0.15) is 39.5 Å². The lowest BCUT2D eigenvalue weighted by atomic mass is 10.1. The first-order valence-corrected chi connectivity index (χ1v) is 3.85. The fraction of sp³-hybridized carbons (Fsp3) is 1.00. The topological polar surface area (TPSA) is 20.2 Å². The number of hydrogen-bond donors (Lipinski definition) is 1. The molecule has 0 aromatic heterocycles. The highest BCUT2D eigenvalue weighted by Crippen LogP contribution is 2.17. The average molecular weight is 151 g/mol. The van der Waals surface area contributed by atoms with Crippen molar-refractivity contribution in [1.82, 2.24) is 0 Å². The standard InChI is InChI=1S/C7H15ClO/c1-3-4-5-6-7(2,8)9/h9H,3-6H2,1-2H3. The Morgan fingerprint density at radius 2 is 2.00 bits per heavy atom. The van der Waals surface area contributed by atoms with Crippen molar-refractivity contribution in [2.75, 3.05) is 0 Å². The Kier molecular flexibility index (Phi) is 4.24. The molecule has 0 aromatic rings. The first kappa shape index (κ1) is 9.25. The van der Waals surface area contributed by atoms with Gasteiger partial charge in [0.25, 0.3) is 0 Å². The molecule has 0 bridgehead atoms. The van der Waals surface area contributed by atoms with Crippen molar-refractivity contribution in [2.24, 2.45) is 0 Å². The van der Waals surface area contributed by atoms with Gasteiger partial charge >= 0.3 is 0 Å². The summed E-state index contributed by atoms with van der Waals surface area (Å²) in [7, 11) is 0. The number of hydrogen-bond acceptors (Lipinski definition) is 1. The molecule has 0 aliphatic carbocycles. The van der Waals surface area contributed by atoms with Gasteiger partial charge in [-0.05, 0) is 19.8 Å². The lowest BCUT2D eigenvalue weighted by molar-refractivity contribution is 0.135. The molecule has 1 N–H and O–H groups in total. The van der Waals surface area contributed by atoms with E-state index in [0.717, 1.165) is 12.8 Å². The van der Waals surface area contributed by atoms with E-state index in [-0.39, 0.29) is 0 Å². The quantitative estimate of drug-likeness (QED) is 0.483. The van der Waals surface area contributed by atoms with Crippen molar-refractivity contribution in [3.8, 4) is 0 Å². The van der Waals surface area contributed by atoms with E-state index in [1.807, 2.05) is 0 Å². The van der Waals surface area contributed by atoms with E-state index in [9.17, 15) is 0 Å². The second-order valence-electron chi connectivity index (χ2n) is 2.60. The third-order valence-corrected chi connectivity index (χ3v) is 1.43. The van der Waals surface area contributed by atoms with Gasteiger partial charge in [-0.2, -0.15) is 0 Å². The molecule has 0 spiro atoms. The van der Waals surface area contributed by atoms with Gasteiger partial charge in [-0.3, -0.25) is 0 Å².